The Kier molecular flexibility index (Phi) is 7.54. The van der Waals surface area contributed by atoms with Crippen LogP contribution < -0.4 is 10.6 Å². The first kappa shape index (κ1) is 14.9. The number of methoxy groups -OCH3 is 1. The molecule has 0 saturated heterocycles. The molecule has 0 heterocycles. The van der Waals surface area contributed by atoms with E-state index in [0.29, 0.717) is 0 Å². The summed E-state index contributed by atoms with van der Waals surface area (Å²) in [6.45, 7) is 6.77. The minimum absolute atomic E-state index is 0.0163. The van der Waals surface area contributed by atoms with E-state index in [4.69, 9.17) is 0 Å². The lowest BCUT2D eigenvalue weighted by atomic mass is 10.0. The Labute approximate surface area is 96.9 Å². The molecule has 0 fully saturated rings. The lowest BCUT2D eigenvalue weighted by Gasteiger charge is -2.19. The van der Waals surface area contributed by atoms with Crippen molar-refractivity contribution in [1.29, 1.82) is 0 Å². The van der Waals surface area contributed by atoms with E-state index >= 15 is 0 Å². The van der Waals surface area contributed by atoms with Crippen LogP contribution in [-0.2, 0) is 14.3 Å². The van der Waals surface area contributed by atoms with Crippen LogP contribution in [0.4, 0.5) is 0 Å². The Bertz CT molecular complexity index is 229. The van der Waals surface area contributed by atoms with Gasteiger partial charge in [-0.3, -0.25) is 4.79 Å². The first-order valence-corrected chi connectivity index (χ1v) is 5.60. The summed E-state index contributed by atoms with van der Waals surface area (Å²) in [6, 6.07) is -0.569. The Morgan fingerprint density at radius 2 is 1.94 bits per heavy atom. The number of esters is 1. The summed E-state index contributed by atoms with van der Waals surface area (Å²) in [7, 11) is 1.32. The van der Waals surface area contributed by atoms with Crippen molar-refractivity contribution in [2.24, 2.45) is 5.92 Å². The number of carbonyl (C=O) groups is 2. The number of hydrogen-bond acceptors (Lipinski definition) is 4. The van der Waals surface area contributed by atoms with Gasteiger partial charge in [0, 0.05) is 0 Å². The van der Waals surface area contributed by atoms with Gasteiger partial charge in [0.15, 0.2) is 0 Å². The predicted molar refractivity (Wildman–Crippen MR) is 61.9 cm³/mol. The number of nitrogens with one attached hydrogen (secondary N) is 2. The summed E-state index contributed by atoms with van der Waals surface area (Å²) in [5.74, 6) is -0.570. The zero-order valence-electron chi connectivity index (χ0n) is 10.5. The van der Waals surface area contributed by atoms with Gasteiger partial charge in [-0.25, -0.2) is 4.79 Å². The maximum absolute atomic E-state index is 11.5. The minimum atomic E-state index is -0.569. The van der Waals surface area contributed by atoms with Crippen molar-refractivity contribution in [1.82, 2.24) is 10.6 Å². The van der Waals surface area contributed by atoms with E-state index in [2.05, 4.69) is 15.4 Å². The highest BCUT2D eigenvalue weighted by molar-refractivity contribution is 5.85. The van der Waals surface area contributed by atoms with Gasteiger partial charge >= 0.3 is 5.97 Å². The Balaban J connectivity index is 4.09. The number of hydrogen-bond donors (Lipinski definition) is 2. The second-order valence-corrected chi connectivity index (χ2v) is 3.99. The van der Waals surface area contributed by atoms with Crippen LogP contribution >= 0.6 is 0 Å². The van der Waals surface area contributed by atoms with Crippen molar-refractivity contribution >= 4 is 11.9 Å². The first-order chi connectivity index (χ1) is 7.52. The summed E-state index contributed by atoms with van der Waals surface area (Å²) in [5, 5.41) is 5.62. The molecule has 5 nitrogen and oxygen atoms in total. The fourth-order valence-corrected chi connectivity index (χ4v) is 1.23. The van der Waals surface area contributed by atoms with E-state index in [1.807, 2.05) is 20.8 Å². The van der Waals surface area contributed by atoms with Crippen molar-refractivity contribution in [2.45, 2.75) is 33.2 Å². The van der Waals surface area contributed by atoms with Crippen molar-refractivity contribution in [3.63, 3.8) is 0 Å². The number of carbonyl (C=O) groups excluding carboxylic acids is 2. The van der Waals surface area contributed by atoms with Crippen LogP contribution in [0.1, 0.15) is 27.2 Å². The quantitative estimate of drug-likeness (QED) is 0.487. The predicted octanol–water partition coefficient (Wildman–Crippen LogP) is 0.300. The van der Waals surface area contributed by atoms with Gasteiger partial charge < -0.3 is 15.4 Å². The van der Waals surface area contributed by atoms with Gasteiger partial charge in [0.05, 0.1) is 13.7 Å². The molecule has 1 unspecified atom stereocenters. The lowest BCUT2D eigenvalue weighted by Crippen LogP contribution is -2.47. The molecule has 0 aliphatic rings. The standard InChI is InChI=1S/C11H22N2O3/c1-5-6-12-7-9(14)13-10(8(2)3)11(15)16-4/h8,10,12H,5-7H2,1-4H3,(H,13,14). The van der Waals surface area contributed by atoms with Crippen LogP contribution in [0.2, 0.25) is 0 Å². The van der Waals surface area contributed by atoms with Crippen molar-refractivity contribution in [2.75, 3.05) is 20.2 Å². The molecule has 0 saturated carbocycles. The molecular formula is C11H22N2O3. The molecule has 0 bridgehead atoms. The fraction of sp³-hybridized carbons (Fsp3) is 0.818. The molecule has 5 heteroatoms. The zero-order valence-corrected chi connectivity index (χ0v) is 10.5. The van der Waals surface area contributed by atoms with E-state index in [0.717, 1.165) is 13.0 Å². The van der Waals surface area contributed by atoms with Crippen molar-refractivity contribution in [3.8, 4) is 0 Å². The Morgan fingerprint density at radius 3 is 2.38 bits per heavy atom. The van der Waals surface area contributed by atoms with Crippen molar-refractivity contribution in [3.05, 3.63) is 0 Å². The topological polar surface area (TPSA) is 67.4 Å². The van der Waals surface area contributed by atoms with Gasteiger partial charge in [-0.05, 0) is 18.9 Å². The molecule has 0 spiro atoms. The van der Waals surface area contributed by atoms with Gasteiger partial charge in [0.25, 0.3) is 0 Å². The molecule has 16 heavy (non-hydrogen) atoms. The highest BCUT2D eigenvalue weighted by Crippen LogP contribution is 2.02. The second-order valence-electron chi connectivity index (χ2n) is 3.99. The van der Waals surface area contributed by atoms with Crippen LogP contribution in [0.15, 0.2) is 0 Å². The lowest BCUT2D eigenvalue weighted by molar-refractivity contribution is -0.146. The molecule has 1 amide bonds. The molecule has 2 N–H and O–H groups in total. The third kappa shape index (κ3) is 5.70. The van der Waals surface area contributed by atoms with Gasteiger partial charge in [0.2, 0.25) is 5.91 Å². The van der Waals surface area contributed by atoms with E-state index in [-0.39, 0.29) is 18.4 Å². The van der Waals surface area contributed by atoms with Crippen LogP contribution in [0.25, 0.3) is 0 Å². The Morgan fingerprint density at radius 1 is 1.31 bits per heavy atom. The summed E-state index contributed by atoms with van der Waals surface area (Å²) in [6.07, 6.45) is 0.970. The van der Waals surface area contributed by atoms with Gasteiger partial charge in [-0.1, -0.05) is 20.8 Å². The normalized spacial score (nSPS) is 12.3. The third-order valence-corrected chi connectivity index (χ3v) is 2.15. The molecule has 0 radical (unpaired) electrons. The number of ether oxygens (including phenoxy) is 1. The van der Waals surface area contributed by atoms with Crippen LogP contribution in [0.5, 0.6) is 0 Å². The SMILES string of the molecule is CCCNCC(=O)NC(C(=O)OC)C(C)C. The Hall–Kier alpha value is -1.10. The largest absolute Gasteiger partial charge is 0.467 e. The van der Waals surface area contributed by atoms with Crippen LogP contribution in [-0.4, -0.2) is 38.1 Å². The smallest absolute Gasteiger partial charge is 0.328 e. The third-order valence-electron chi connectivity index (χ3n) is 2.15. The van der Waals surface area contributed by atoms with E-state index in [1.54, 1.807) is 0 Å². The summed E-state index contributed by atoms with van der Waals surface area (Å²) in [5.41, 5.74) is 0. The molecule has 0 aliphatic heterocycles. The first-order valence-electron chi connectivity index (χ1n) is 5.60. The number of rotatable bonds is 7. The fourth-order valence-electron chi connectivity index (χ4n) is 1.23. The van der Waals surface area contributed by atoms with E-state index in [9.17, 15) is 9.59 Å². The zero-order chi connectivity index (χ0) is 12.6. The van der Waals surface area contributed by atoms with Crippen LogP contribution in [0, 0.1) is 5.92 Å². The summed E-state index contributed by atoms with van der Waals surface area (Å²) < 4.78 is 4.63. The average Bonchev–Trinajstić information content (AvgIpc) is 2.25. The molecule has 0 aliphatic carbocycles. The second kappa shape index (κ2) is 8.10. The van der Waals surface area contributed by atoms with Gasteiger partial charge in [-0.15, -0.1) is 0 Å². The average molecular weight is 230 g/mol. The maximum atomic E-state index is 11.5. The molecule has 94 valence electrons. The maximum Gasteiger partial charge on any atom is 0.328 e. The van der Waals surface area contributed by atoms with E-state index in [1.165, 1.54) is 7.11 Å². The minimum Gasteiger partial charge on any atom is -0.467 e. The highest BCUT2D eigenvalue weighted by atomic mass is 16.5. The molecule has 0 aromatic carbocycles. The number of amides is 1. The molecular weight excluding hydrogens is 208 g/mol. The van der Waals surface area contributed by atoms with Gasteiger partial charge in [-0.2, -0.15) is 0 Å². The molecule has 1 atom stereocenters. The van der Waals surface area contributed by atoms with Crippen molar-refractivity contribution < 1.29 is 14.3 Å². The monoisotopic (exact) mass is 230 g/mol. The molecule has 0 aromatic heterocycles. The van der Waals surface area contributed by atoms with Gasteiger partial charge in [0.1, 0.15) is 6.04 Å². The highest BCUT2D eigenvalue weighted by Gasteiger charge is 2.24. The summed E-state index contributed by atoms with van der Waals surface area (Å²) in [4.78, 5) is 22.8. The van der Waals surface area contributed by atoms with E-state index < -0.39 is 12.0 Å². The molecule has 0 rings (SSSR count). The van der Waals surface area contributed by atoms with Crippen LogP contribution in [0.3, 0.4) is 0 Å². The molecule has 0 aromatic rings. The summed E-state index contributed by atoms with van der Waals surface area (Å²) >= 11 is 0.